The first-order chi connectivity index (χ1) is 8.32. The van der Waals surface area contributed by atoms with Gasteiger partial charge in [0.05, 0.1) is 5.60 Å². The van der Waals surface area contributed by atoms with E-state index in [1.165, 1.54) is 25.7 Å². The molecule has 1 unspecified atom stereocenters. The van der Waals surface area contributed by atoms with Crippen LogP contribution in [0.25, 0.3) is 0 Å². The van der Waals surface area contributed by atoms with Gasteiger partial charge in [-0.1, -0.05) is 12.8 Å². The van der Waals surface area contributed by atoms with Crippen molar-refractivity contribution < 1.29 is 9.47 Å². The number of likely N-dealkylation sites (N-methyl/N-ethyl adjacent to an activating group) is 1. The Morgan fingerprint density at radius 2 is 1.94 bits per heavy atom. The lowest BCUT2D eigenvalue weighted by Crippen LogP contribution is -2.57. The van der Waals surface area contributed by atoms with Crippen LogP contribution in [0.4, 0.5) is 0 Å². The van der Waals surface area contributed by atoms with Crippen LogP contribution in [0.15, 0.2) is 0 Å². The van der Waals surface area contributed by atoms with Gasteiger partial charge >= 0.3 is 0 Å². The van der Waals surface area contributed by atoms with Crippen molar-refractivity contribution >= 4 is 0 Å². The van der Waals surface area contributed by atoms with E-state index in [-0.39, 0.29) is 5.60 Å². The molecule has 2 aliphatic rings. The van der Waals surface area contributed by atoms with Gasteiger partial charge in [0.2, 0.25) is 0 Å². The Hall–Kier alpha value is -0.120. The lowest BCUT2D eigenvalue weighted by atomic mass is 9.78. The van der Waals surface area contributed by atoms with Crippen molar-refractivity contribution in [2.75, 3.05) is 26.9 Å². The van der Waals surface area contributed by atoms with Crippen LogP contribution in [0.1, 0.15) is 45.4 Å². The molecule has 1 aliphatic carbocycles. The molecule has 0 aromatic carbocycles. The average Bonchev–Trinajstić information content (AvgIpc) is 2.85. The topological polar surface area (TPSA) is 30.5 Å². The standard InChI is InChI=1S/C14H27NO2/c1-3-17-14(8-10-16-11-9-14)13(15-2)12-6-4-5-7-12/h12-13,15H,3-11H2,1-2H3. The first-order valence-electron chi connectivity index (χ1n) is 7.21. The first kappa shape index (κ1) is 13.3. The van der Waals surface area contributed by atoms with Crippen molar-refractivity contribution in [3.8, 4) is 0 Å². The minimum absolute atomic E-state index is 0.0246. The van der Waals surface area contributed by atoms with E-state index < -0.39 is 0 Å². The summed E-state index contributed by atoms with van der Waals surface area (Å²) < 4.78 is 11.7. The van der Waals surface area contributed by atoms with Gasteiger partial charge in [0.1, 0.15) is 0 Å². The molecule has 1 saturated carbocycles. The summed E-state index contributed by atoms with van der Waals surface area (Å²) in [4.78, 5) is 0. The second kappa shape index (κ2) is 6.17. The Labute approximate surface area is 105 Å². The van der Waals surface area contributed by atoms with Crippen molar-refractivity contribution in [2.45, 2.75) is 57.1 Å². The number of hydrogen-bond donors (Lipinski definition) is 1. The maximum absolute atomic E-state index is 6.19. The fourth-order valence-electron chi connectivity index (χ4n) is 3.77. The van der Waals surface area contributed by atoms with Crippen molar-refractivity contribution in [1.29, 1.82) is 0 Å². The number of rotatable bonds is 5. The molecule has 1 saturated heterocycles. The molecule has 1 atom stereocenters. The molecule has 2 rings (SSSR count). The summed E-state index contributed by atoms with van der Waals surface area (Å²) in [5.41, 5.74) is 0.0246. The molecule has 0 radical (unpaired) electrons. The van der Waals surface area contributed by atoms with Gasteiger partial charge in [0, 0.05) is 38.7 Å². The molecule has 0 aromatic heterocycles. The Morgan fingerprint density at radius 1 is 1.29 bits per heavy atom. The zero-order chi connectivity index (χ0) is 12.1. The third kappa shape index (κ3) is 2.83. The van der Waals surface area contributed by atoms with Gasteiger partial charge in [-0.3, -0.25) is 0 Å². The molecule has 100 valence electrons. The van der Waals surface area contributed by atoms with Crippen LogP contribution in [0, 0.1) is 5.92 Å². The first-order valence-corrected chi connectivity index (χ1v) is 7.21. The van der Waals surface area contributed by atoms with Crippen molar-refractivity contribution in [3.63, 3.8) is 0 Å². The van der Waals surface area contributed by atoms with E-state index in [2.05, 4.69) is 19.3 Å². The van der Waals surface area contributed by atoms with Crippen molar-refractivity contribution in [3.05, 3.63) is 0 Å². The summed E-state index contributed by atoms with van der Waals surface area (Å²) in [7, 11) is 2.10. The minimum Gasteiger partial charge on any atom is -0.381 e. The predicted molar refractivity (Wildman–Crippen MR) is 69.2 cm³/mol. The van der Waals surface area contributed by atoms with E-state index in [0.29, 0.717) is 6.04 Å². The third-order valence-electron chi connectivity index (χ3n) is 4.52. The van der Waals surface area contributed by atoms with Crippen LogP contribution in [-0.2, 0) is 9.47 Å². The van der Waals surface area contributed by atoms with Gasteiger partial charge in [0.15, 0.2) is 0 Å². The summed E-state index contributed by atoms with van der Waals surface area (Å²) in [6, 6.07) is 0.508. The highest BCUT2D eigenvalue weighted by Gasteiger charge is 2.44. The minimum atomic E-state index is 0.0246. The second-order valence-electron chi connectivity index (χ2n) is 5.42. The SMILES string of the molecule is CCOC1(C(NC)C2CCCC2)CCOCC1. The molecule has 17 heavy (non-hydrogen) atoms. The van der Waals surface area contributed by atoms with Crippen LogP contribution in [0.5, 0.6) is 0 Å². The van der Waals surface area contributed by atoms with Gasteiger partial charge < -0.3 is 14.8 Å². The molecule has 0 amide bonds. The van der Waals surface area contributed by atoms with Gasteiger partial charge in [-0.15, -0.1) is 0 Å². The Kier molecular flexibility index (Phi) is 4.83. The highest BCUT2D eigenvalue weighted by atomic mass is 16.5. The largest absolute Gasteiger partial charge is 0.381 e. The van der Waals surface area contributed by atoms with Crippen LogP contribution in [-0.4, -0.2) is 38.5 Å². The lowest BCUT2D eigenvalue weighted by Gasteiger charge is -2.45. The van der Waals surface area contributed by atoms with E-state index in [9.17, 15) is 0 Å². The molecule has 2 fully saturated rings. The quantitative estimate of drug-likeness (QED) is 0.801. The van der Waals surface area contributed by atoms with Crippen LogP contribution in [0.2, 0.25) is 0 Å². The highest BCUT2D eigenvalue weighted by molar-refractivity contribution is 4.99. The van der Waals surface area contributed by atoms with E-state index >= 15 is 0 Å². The highest BCUT2D eigenvalue weighted by Crippen LogP contribution is 2.38. The fourth-order valence-corrected chi connectivity index (χ4v) is 3.77. The van der Waals surface area contributed by atoms with Gasteiger partial charge in [-0.2, -0.15) is 0 Å². The molecule has 0 aromatic rings. The van der Waals surface area contributed by atoms with Gasteiger partial charge in [0.25, 0.3) is 0 Å². The molecule has 1 aliphatic heterocycles. The summed E-state index contributed by atoms with van der Waals surface area (Å²) >= 11 is 0. The zero-order valence-electron chi connectivity index (χ0n) is 11.3. The molecule has 3 nitrogen and oxygen atoms in total. The summed E-state index contributed by atoms with van der Waals surface area (Å²) in [6.45, 7) is 4.62. The number of ether oxygens (including phenoxy) is 2. The maximum Gasteiger partial charge on any atom is 0.0880 e. The molecule has 0 spiro atoms. The lowest BCUT2D eigenvalue weighted by molar-refractivity contribution is -0.134. The number of hydrogen-bond acceptors (Lipinski definition) is 3. The van der Waals surface area contributed by atoms with Crippen molar-refractivity contribution in [1.82, 2.24) is 5.32 Å². The average molecular weight is 241 g/mol. The molecule has 1 heterocycles. The van der Waals surface area contributed by atoms with Gasteiger partial charge in [-0.25, -0.2) is 0 Å². The van der Waals surface area contributed by atoms with E-state index in [1.807, 2.05) is 0 Å². The predicted octanol–water partition coefficient (Wildman–Crippen LogP) is 2.35. The monoisotopic (exact) mass is 241 g/mol. The maximum atomic E-state index is 6.19. The van der Waals surface area contributed by atoms with E-state index in [4.69, 9.17) is 9.47 Å². The number of nitrogens with one attached hydrogen (secondary N) is 1. The van der Waals surface area contributed by atoms with E-state index in [0.717, 1.165) is 38.6 Å². The Bertz CT molecular complexity index is 215. The summed E-state index contributed by atoms with van der Waals surface area (Å²) in [6.07, 6.45) is 7.59. The molecular weight excluding hydrogens is 214 g/mol. The van der Waals surface area contributed by atoms with Crippen LogP contribution < -0.4 is 5.32 Å². The molecule has 0 bridgehead atoms. The van der Waals surface area contributed by atoms with Crippen LogP contribution >= 0.6 is 0 Å². The Morgan fingerprint density at radius 3 is 2.47 bits per heavy atom. The van der Waals surface area contributed by atoms with Crippen molar-refractivity contribution in [2.24, 2.45) is 5.92 Å². The molecule has 1 N–H and O–H groups in total. The zero-order valence-corrected chi connectivity index (χ0v) is 11.3. The van der Waals surface area contributed by atoms with E-state index in [1.54, 1.807) is 0 Å². The normalized spacial score (nSPS) is 27.2. The van der Waals surface area contributed by atoms with Crippen LogP contribution in [0.3, 0.4) is 0 Å². The third-order valence-corrected chi connectivity index (χ3v) is 4.52. The Balaban J connectivity index is 2.10. The van der Waals surface area contributed by atoms with Gasteiger partial charge in [-0.05, 0) is 32.7 Å². The summed E-state index contributed by atoms with van der Waals surface area (Å²) in [5, 5.41) is 3.56. The summed E-state index contributed by atoms with van der Waals surface area (Å²) in [5.74, 6) is 0.796. The molecule has 3 heteroatoms. The smallest absolute Gasteiger partial charge is 0.0880 e. The molecular formula is C14H27NO2. The fraction of sp³-hybridized carbons (Fsp3) is 1.00. The second-order valence-corrected chi connectivity index (χ2v) is 5.42.